The molecule has 0 saturated heterocycles. The van der Waals surface area contributed by atoms with E-state index in [0.29, 0.717) is 11.3 Å². The van der Waals surface area contributed by atoms with Crippen molar-refractivity contribution in [3.05, 3.63) is 59.3 Å². The van der Waals surface area contributed by atoms with Crippen LogP contribution in [-0.2, 0) is 6.54 Å². The first-order valence-electron chi connectivity index (χ1n) is 5.81. The Morgan fingerprint density at radius 1 is 1.05 bits per heavy atom. The maximum absolute atomic E-state index is 5.26. The lowest BCUT2D eigenvalue weighted by molar-refractivity contribution is 0.765. The van der Waals surface area contributed by atoms with Crippen LogP contribution < -0.4 is 0 Å². The summed E-state index contributed by atoms with van der Waals surface area (Å²) < 4.78 is 2.45. The normalized spacial score (nSPS) is 10.5. The third kappa shape index (κ3) is 2.43. The fourth-order valence-electron chi connectivity index (χ4n) is 1.81. The molecule has 94 valence electrons. The van der Waals surface area contributed by atoms with E-state index in [1.165, 1.54) is 0 Å². The van der Waals surface area contributed by atoms with E-state index in [1.807, 2.05) is 41.0 Å². The molecular formula is C13H11N5S. The molecule has 1 N–H and O–H groups in total. The number of pyridine rings is 2. The van der Waals surface area contributed by atoms with Crippen LogP contribution >= 0.6 is 12.2 Å². The summed E-state index contributed by atoms with van der Waals surface area (Å²) in [6.07, 6.45) is 3.50. The van der Waals surface area contributed by atoms with Crippen molar-refractivity contribution in [3.8, 4) is 11.5 Å². The van der Waals surface area contributed by atoms with Gasteiger partial charge in [0, 0.05) is 12.4 Å². The molecule has 0 spiro atoms. The summed E-state index contributed by atoms with van der Waals surface area (Å²) in [5.41, 5.74) is 1.71. The van der Waals surface area contributed by atoms with E-state index in [9.17, 15) is 0 Å². The van der Waals surface area contributed by atoms with Gasteiger partial charge in [-0.15, -0.1) is 0 Å². The summed E-state index contributed by atoms with van der Waals surface area (Å²) in [5.74, 6) is 0.719. The Morgan fingerprint density at radius 3 is 2.53 bits per heavy atom. The standard InChI is InChI=1S/C13H11N5S/c19-13-17-16-12(11-6-2-4-8-15-11)18(13)9-10-5-1-3-7-14-10/h1-8H,9H2,(H,17,19). The predicted octanol–water partition coefficient (Wildman–Crippen LogP) is 2.45. The van der Waals surface area contributed by atoms with Gasteiger partial charge in [-0.3, -0.25) is 19.6 Å². The SMILES string of the molecule is S=c1[nH]nc(-c2ccccn2)n1Cc1ccccn1. The lowest BCUT2D eigenvalue weighted by Crippen LogP contribution is -2.04. The van der Waals surface area contributed by atoms with Crippen LogP contribution in [0.2, 0.25) is 0 Å². The van der Waals surface area contributed by atoms with Crippen LogP contribution in [0.1, 0.15) is 5.69 Å². The van der Waals surface area contributed by atoms with Gasteiger partial charge in [0.05, 0.1) is 12.2 Å². The summed E-state index contributed by atoms with van der Waals surface area (Å²) in [4.78, 5) is 8.59. The molecule has 0 aliphatic heterocycles. The van der Waals surface area contributed by atoms with Crippen molar-refractivity contribution in [3.63, 3.8) is 0 Å². The Labute approximate surface area is 115 Å². The molecule has 3 rings (SSSR count). The molecule has 0 radical (unpaired) electrons. The molecule has 19 heavy (non-hydrogen) atoms. The Morgan fingerprint density at radius 2 is 1.84 bits per heavy atom. The highest BCUT2D eigenvalue weighted by Gasteiger charge is 2.10. The molecule has 3 heterocycles. The maximum atomic E-state index is 5.26. The number of hydrogen-bond acceptors (Lipinski definition) is 4. The number of aromatic amines is 1. The van der Waals surface area contributed by atoms with E-state index in [4.69, 9.17) is 12.2 Å². The fraction of sp³-hybridized carbons (Fsp3) is 0.0769. The first-order chi connectivity index (χ1) is 9.34. The van der Waals surface area contributed by atoms with Gasteiger partial charge in [-0.25, -0.2) is 0 Å². The number of nitrogens with zero attached hydrogens (tertiary/aromatic N) is 4. The van der Waals surface area contributed by atoms with E-state index in [-0.39, 0.29) is 0 Å². The molecule has 0 bridgehead atoms. The van der Waals surface area contributed by atoms with Gasteiger partial charge in [0.25, 0.3) is 0 Å². The number of H-pyrrole nitrogens is 1. The largest absolute Gasteiger partial charge is 0.293 e. The second-order valence-electron chi connectivity index (χ2n) is 3.97. The molecular weight excluding hydrogens is 258 g/mol. The van der Waals surface area contributed by atoms with Crippen LogP contribution in [0.25, 0.3) is 11.5 Å². The van der Waals surface area contributed by atoms with Crippen molar-refractivity contribution in [2.24, 2.45) is 0 Å². The van der Waals surface area contributed by atoms with Crippen molar-refractivity contribution in [1.29, 1.82) is 0 Å². The van der Waals surface area contributed by atoms with Crippen LogP contribution in [0, 0.1) is 4.77 Å². The molecule has 0 saturated carbocycles. The number of aromatic nitrogens is 5. The van der Waals surface area contributed by atoms with Crippen LogP contribution in [0.15, 0.2) is 48.8 Å². The van der Waals surface area contributed by atoms with E-state index in [0.717, 1.165) is 17.2 Å². The molecule has 0 aliphatic carbocycles. The van der Waals surface area contributed by atoms with Gasteiger partial charge in [0.1, 0.15) is 5.69 Å². The predicted molar refractivity (Wildman–Crippen MR) is 74.0 cm³/mol. The molecule has 0 amide bonds. The zero-order chi connectivity index (χ0) is 13.1. The highest BCUT2D eigenvalue weighted by Crippen LogP contribution is 2.14. The van der Waals surface area contributed by atoms with Gasteiger partial charge in [-0.1, -0.05) is 12.1 Å². The Hall–Kier alpha value is -2.34. The third-order valence-electron chi connectivity index (χ3n) is 2.70. The Balaban J connectivity index is 2.03. The van der Waals surface area contributed by atoms with E-state index < -0.39 is 0 Å². The lowest BCUT2D eigenvalue weighted by atomic mass is 10.3. The first-order valence-corrected chi connectivity index (χ1v) is 6.22. The zero-order valence-corrected chi connectivity index (χ0v) is 10.8. The molecule has 3 aromatic heterocycles. The third-order valence-corrected chi connectivity index (χ3v) is 3.01. The van der Waals surface area contributed by atoms with Crippen molar-refractivity contribution in [1.82, 2.24) is 24.7 Å². The second-order valence-corrected chi connectivity index (χ2v) is 4.36. The molecule has 0 aromatic carbocycles. The van der Waals surface area contributed by atoms with Gasteiger partial charge in [-0.05, 0) is 36.5 Å². The monoisotopic (exact) mass is 269 g/mol. The highest BCUT2D eigenvalue weighted by atomic mass is 32.1. The number of nitrogens with one attached hydrogen (secondary N) is 1. The van der Waals surface area contributed by atoms with Crippen molar-refractivity contribution < 1.29 is 0 Å². The van der Waals surface area contributed by atoms with Gasteiger partial charge in [0.2, 0.25) is 0 Å². The molecule has 0 fully saturated rings. The zero-order valence-electron chi connectivity index (χ0n) is 10.0. The number of rotatable bonds is 3. The van der Waals surface area contributed by atoms with Gasteiger partial charge < -0.3 is 0 Å². The van der Waals surface area contributed by atoms with Gasteiger partial charge >= 0.3 is 0 Å². The summed E-state index contributed by atoms with van der Waals surface area (Å²) in [7, 11) is 0. The molecule has 0 unspecified atom stereocenters. The maximum Gasteiger partial charge on any atom is 0.195 e. The van der Waals surface area contributed by atoms with Crippen molar-refractivity contribution in [2.75, 3.05) is 0 Å². The van der Waals surface area contributed by atoms with Gasteiger partial charge in [-0.2, -0.15) is 5.10 Å². The smallest absolute Gasteiger partial charge is 0.195 e. The second kappa shape index (κ2) is 5.11. The molecule has 5 nitrogen and oxygen atoms in total. The minimum atomic E-state index is 0.561. The Bertz CT molecular complexity index is 718. The highest BCUT2D eigenvalue weighted by molar-refractivity contribution is 7.71. The van der Waals surface area contributed by atoms with Crippen molar-refractivity contribution >= 4 is 12.2 Å². The van der Waals surface area contributed by atoms with Crippen LogP contribution in [0.5, 0.6) is 0 Å². The van der Waals surface area contributed by atoms with Crippen LogP contribution in [0.3, 0.4) is 0 Å². The van der Waals surface area contributed by atoms with E-state index in [2.05, 4.69) is 20.2 Å². The average Bonchev–Trinajstić information content (AvgIpc) is 2.82. The molecule has 6 heteroatoms. The topological polar surface area (TPSA) is 59.4 Å². The molecule has 3 aromatic rings. The fourth-order valence-corrected chi connectivity index (χ4v) is 2.01. The summed E-state index contributed by atoms with van der Waals surface area (Å²) in [6, 6.07) is 11.5. The lowest BCUT2D eigenvalue weighted by Gasteiger charge is -2.05. The summed E-state index contributed by atoms with van der Waals surface area (Å²) in [5, 5.41) is 7.04. The Kier molecular flexibility index (Phi) is 3.16. The first kappa shape index (κ1) is 11.7. The van der Waals surface area contributed by atoms with Gasteiger partial charge in [0.15, 0.2) is 10.6 Å². The summed E-state index contributed by atoms with van der Waals surface area (Å²) in [6.45, 7) is 0.572. The van der Waals surface area contributed by atoms with E-state index in [1.54, 1.807) is 12.4 Å². The minimum Gasteiger partial charge on any atom is -0.293 e. The van der Waals surface area contributed by atoms with Crippen LogP contribution in [0.4, 0.5) is 0 Å². The molecule has 0 aliphatic rings. The van der Waals surface area contributed by atoms with E-state index >= 15 is 0 Å². The molecule has 0 atom stereocenters. The minimum absolute atomic E-state index is 0.561. The summed E-state index contributed by atoms with van der Waals surface area (Å²) >= 11 is 5.26. The quantitative estimate of drug-likeness (QED) is 0.742. The average molecular weight is 269 g/mol. The number of hydrogen-bond donors (Lipinski definition) is 1. The van der Waals surface area contributed by atoms with Crippen molar-refractivity contribution in [2.45, 2.75) is 6.54 Å². The van der Waals surface area contributed by atoms with Crippen LogP contribution in [-0.4, -0.2) is 24.7 Å².